The van der Waals surface area contributed by atoms with Crippen molar-refractivity contribution in [3.8, 4) is 5.75 Å². The smallest absolute Gasteiger partial charge is 0.254 e. The summed E-state index contributed by atoms with van der Waals surface area (Å²) in [5, 5.41) is 10.2. The van der Waals surface area contributed by atoms with E-state index >= 15 is 0 Å². The third-order valence-electron chi connectivity index (χ3n) is 3.07. The molecule has 0 fully saturated rings. The van der Waals surface area contributed by atoms with Crippen molar-refractivity contribution < 1.29 is 9.90 Å². The molecule has 0 aliphatic heterocycles. The maximum absolute atomic E-state index is 12.4. The van der Waals surface area contributed by atoms with Gasteiger partial charge in [-0.2, -0.15) is 0 Å². The van der Waals surface area contributed by atoms with Crippen molar-refractivity contribution in [3.05, 3.63) is 57.6 Å². The number of hydrogen-bond donors (Lipinski definition) is 2. The first-order valence-corrected chi connectivity index (χ1v) is 6.92. The van der Waals surface area contributed by atoms with Gasteiger partial charge >= 0.3 is 0 Å². The van der Waals surface area contributed by atoms with E-state index in [1.165, 1.54) is 17.0 Å². The fourth-order valence-electron chi connectivity index (χ4n) is 1.90. The van der Waals surface area contributed by atoms with Crippen molar-refractivity contribution in [3.63, 3.8) is 0 Å². The molecular formula is C15H14Cl2N2O2. The zero-order chi connectivity index (χ0) is 15.6. The fourth-order valence-corrected chi connectivity index (χ4v) is 2.39. The van der Waals surface area contributed by atoms with Crippen molar-refractivity contribution in [2.45, 2.75) is 6.54 Å². The molecule has 0 bridgehead atoms. The number of carbonyl (C=O) groups excluding carboxylic acids is 1. The van der Waals surface area contributed by atoms with Crippen molar-refractivity contribution in [2.24, 2.45) is 0 Å². The summed E-state index contributed by atoms with van der Waals surface area (Å²) in [4.78, 5) is 13.8. The normalized spacial score (nSPS) is 10.4. The van der Waals surface area contributed by atoms with Crippen molar-refractivity contribution >= 4 is 34.8 Å². The maximum Gasteiger partial charge on any atom is 0.254 e. The molecule has 2 rings (SSSR count). The van der Waals surface area contributed by atoms with Crippen LogP contribution in [0.3, 0.4) is 0 Å². The highest BCUT2D eigenvalue weighted by Crippen LogP contribution is 2.29. The number of benzene rings is 2. The molecule has 4 nitrogen and oxygen atoms in total. The van der Waals surface area contributed by atoms with E-state index in [1.807, 2.05) is 0 Å². The summed E-state index contributed by atoms with van der Waals surface area (Å²) < 4.78 is 0. The van der Waals surface area contributed by atoms with Crippen LogP contribution in [0.1, 0.15) is 15.9 Å². The van der Waals surface area contributed by atoms with Crippen LogP contribution in [0, 0.1) is 0 Å². The van der Waals surface area contributed by atoms with Crippen LogP contribution in [0.15, 0.2) is 36.4 Å². The Labute approximate surface area is 132 Å². The van der Waals surface area contributed by atoms with Crippen molar-refractivity contribution in [1.29, 1.82) is 0 Å². The molecule has 0 atom stereocenters. The number of halogens is 2. The second-order valence-corrected chi connectivity index (χ2v) is 5.46. The quantitative estimate of drug-likeness (QED) is 0.848. The zero-order valence-corrected chi connectivity index (χ0v) is 12.8. The summed E-state index contributed by atoms with van der Waals surface area (Å²) in [6, 6.07) is 9.80. The number of anilines is 1. The van der Waals surface area contributed by atoms with Gasteiger partial charge in [-0.3, -0.25) is 4.79 Å². The minimum atomic E-state index is -0.262. The predicted molar refractivity (Wildman–Crippen MR) is 84.8 cm³/mol. The summed E-state index contributed by atoms with van der Waals surface area (Å²) in [7, 11) is 1.63. The number of rotatable bonds is 3. The standard InChI is InChI=1S/C15H14Cl2N2O2/c1-19(8-9-4-2-3-5-13(9)20)15(21)10-6-11(16)14(18)12(17)7-10/h2-7,20H,8,18H2,1H3. The third-order valence-corrected chi connectivity index (χ3v) is 3.70. The topological polar surface area (TPSA) is 66.6 Å². The van der Waals surface area contributed by atoms with Crippen LogP contribution in [0.2, 0.25) is 10.0 Å². The predicted octanol–water partition coefficient (Wildman–Crippen LogP) is 3.55. The maximum atomic E-state index is 12.4. The second kappa shape index (κ2) is 6.24. The molecule has 0 aliphatic carbocycles. The number of carbonyl (C=O) groups is 1. The van der Waals surface area contributed by atoms with E-state index in [9.17, 15) is 9.90 Å². The Kier molecular flexibility index (Phi) is 4.60. The van der Waals surface area contributed by atoms with Crippen LogP contribution in [0.4, 0.5) is 5.69 Å². The lowest BCUT2D eigenvalue weighted by atomic mass is 10.1. The van der Waals surface area contributed by atoms with E-state index < -0.39 is 0 Å². The SMILES string of the molecule is CN(Cc1ccccc1O)C(=O)c1cc(Cl)c(N)c(Cl)c1. The molecule has 0 aliphatic rings. The van der Waals surface area contributed by atoms with Gasteiger partial charge in [0, 0.05) is 24.7 Å². The molecule has 1 amide bonds. The summed E-state index contributed by atoms with van der Waals surface area (Å²) in [5.74, 6) is -0.118. The van der Waals surface area contributed by atoms with Gasteiger partial charge in [0.2, 0.25) is 0 Å². The lowest BCUT2D eigenvalue weighted by Crippen LogP contribution is -2.26. The molecule has 6 heteroatoms. The Hall–Kier alpha value is -1.91. The lowest BCUT2D eigenvalue weighted by Gasteiger charge is -2.18. The molecule has 21 heavy (non-hydrogen) atoms. The molecule has 0 aromatic heterocycles. The third kappa shape index (κ3) is 3.40. The molecule has 0 saturated carbocycles. The number of nitrogens with two attached hydrogens (primary N) is 1. The number of phenolic OH excluding ortho intramolecular Hbond substituents is 1. The van der Waals surface area contributed by atoms with Gasteiger partial charge in [0.15, 0.2) is 0 Å². The summed E-state index contributed by atoms with van der Waals surface area (Å²) in [6.45, 7) is 0.269. The molecule has 0 unspecified atom stereocenters. The van der Waals surface area contributed by atoms with Gasteiger partial charge in [-0.05, 0) is 18.2 Å². The van der Waals surface area contributed by atoms with E-state index in [1.54, 1.807) is 31.3 Å². The lowest BCUT2D eigenvalue weighted by molar-refractivity contribution is 0.0784. The number of nitrogens with zero attached hydrogens (tertiary/aromatic N) is 1. The fraction of sp³-hybridized carbons (Fsp3) is 0.133. The summed E-state index contributed by atoms with van der Waals surface area (Å²) in [5.41, 5.74) is 6.90. The van der Waals surface area contributed by atoms with Gasteiger partial charge in [0.1, 0.15) is 5.75 Å². The van der Waals surface area contributed by atoms with E-state index in [-0.39, 0.29) is 33.9 Å². The number of amides is 1. The van der Waals surface area contributed by atoms with Crippen LogP contribution in [0.5, 0.6) is 5.75 Å². The van der Waals surface area contributed by atoms with Crippen LogP contribution in [-0.2, 0) is 6.54 Å². The second-order valence-electron chi connectivity index (χ2n) is 4.64. The highest BCUT2D eigenvalue weighted by atomic mass is 35.5. The highest BCUT2D eigenvalue weighted by Gasteiger charge is 2.16. The zero-order valence-electron chi connectivity index (χ0n) is 11.3. The Morgan fingerprint density at radius 2 is 1.81 bits per heavy atom. The van der Waals surface area contributed by atoms with Crippen molar-refractivity contribution in [2.75, 3.05) is 12.8 Å². The molecule has 2 aromatic carbocycles. The van der Waals surface area contributed by atoms with E-state index in [2.05, 4.69) is 0 Å². The first kappa shape index (κ1) is 15.5. The Balaban J connectivity index is 2.22. The van der Waals surface area contributed by atoms with Crippen LogP contribution < -0.4 is 5.73 Å². The van der Waals surface area contributed by atoms with Crippen LogP contribution in [0.25, 0.3) is 0 Å². The van der Waals surface area contributed by atoms with Crippen molar-refractivity contribution in [1.82, 2.24) is 4.90 Å². The number of para-hydroxylation sites is 1. The van der Waals surface area contributed by atoms with E-state index in [0.717, 1.165) is 0 Å². The average Bonchev–Trinajstić information content (AvgIpc) is 2.45. The molecule has 3 N–H and O–H groups in total. The van der Waals surface area contributed by atoms with Gasteiger partial charge in [-0.1, -0.05) is 41.4 Å². The van der Waals surface area contributed by atoms with E-state index in [4.69, 9.17) is 28.9 Å². The minimum Gasteiger partial charge on any atom is -0.508 e. The highest BCUT2D eigenvalue weighted by molar-refractivity contribution is 6.39. The van der Waals surface area contributed by atoms with Gasteiger partial charge < -0.3 is 15.7 Å². The summed E-state index contributed by atoms with van der Waals surface area (Å²) >= 11 is 11.9. The molecule has 2 aromatic rings. The number of aromatic hydroxyl groups is 1. The Bertz CT molecular complexity index is 666. The van der Waals surface area contributed by atoms with Gasteiger partial charge in [0.25, 0.3) is 5.91 Å². The van der Waals surface area contributed by atoms with Crippen LogP contribution >= 0.6 is 23.2 Å². The largest absolute Gasteiger partial charge is 0.508 e. The molecule has 0 saturated heterocycles. The first-order valence-electron chi connectivity index (χ1n) is 6.17. The van der Waals surface area contributed by atoms with Gasteiger partial charge in [-0.25, -0.2) is 0 Å². The molecule has 0 radical (unpaired) electrons. The number of nitrogen functional groups attached to an aromatic ring is 1. The number of phenols is 1. The van der Waals surface area contributed by atoms with Gasteiger partial charge in [0.05, 0.1) is 15.7 Å². The Morgan fingerprint density at radius 1 is 1.24 bits per heavy atom. The summed E-state index contributed by atoms with van der Waals surface area (Å²) in [6.07, 6.45) is 0. The Morgan fingerprint density at radius 3 is 2.38 bits per heavy atom. The monoisotopic (exact) mass is 324 g/mol. The first-order chi connectivity index (χ1) is 9.90. The average molecular weight is 325 g/mol. The molecule has 110 valence electrons. The number of hydrogen-bond acceptors (Lipinski definition) is 3. The van der Waals surface area contributed by atoms with Crippen LogP contribution in [-0.4, -0.2) is 23.0 Å². The molecular weight excluding hydrogens is 311 g/mol. The van der Waals surface area contributed by atoms with E-state index in [0.29, 0.717) is 11.1 Å². The molecule has 0 spiro atoms. The molecule has 0 heterocycles. The van der Waals surface area contributed by atoms with Gasteiger partial charge in [-0.15, -0.1) is 0 Å². The minimum absolute atomic E-state index is 0.144.